The Labute approximate surface area is 121 Å². The molecule has 0 amide bonds. The number of nitrogens with one attached hydrogen (secondary N) is 1. The molecule has 19 heavy (non-hydrogen) atoms. The van der Waals surface area contributed by atoms with E-state index in [1.54, 1.807) is 30.2 Å². The Morgan fingerprint density at radius 3 is 2.95 bits per heavy atom. The van der Waals surface area contributed by atoms with Crippen molar-refractivity contribution in [3.63, 3.8) is 0 Å². The van der Waals surface area contributed by atoms with Crippen molar-refractivity contribution in [2.75, 3.05) is 19.0 Å². The molecule has 0 saturated heterocycles. The summed E-state index contributed by atoms with van der Waals surface area (Å²) in [5.74, 6) is 1.72. The summed E-state index contributed by atoms with van der Waals surface area (Å²) in [7, 11) is 1.69. The number of nitrogens with zero attached hydrogens (tertiary/aromatic N) is 2. The van der Waals surface area contributed by atoms with Gasteiger partial charge in [-0.3, -0.25) is 0 Å². The minimum Gasteiger partial charge on any atom is -0.496 e. The number of anilines is 1. The Morgan fingerprint density at radius 2 is 2.16 bits per heavy atom. The summed E-state index contributed by atoms with van der Waals surface area (Å²) < 4.78 is 5.33. The van der Waals surface area contributed by atoms with Crippen molar-refractivity contribution in [3.05, 3.63) is 29.3 Å². The zero-order valence-electron chi connectivity index (χ0n) is 11.0. The van der Waals surface area contributed by atoms with Crippen LogP contribution in [0.15, 0.2) is 29.2 Å². The minimum atomic E-state index is 0.811. The van der Waals surface area contributed by atoms with Crippen LogP contribution in [0.2, 0.25) is 0 Å². The van der Waals surface area contributed by atoms with E-state index in [9.17, 15) is 0 Å². The molecule has 2 aromatic rings. The fraction of sp³-hybridized carbons (Fsp3) is 0.385. The normalized spacial score (nSPS) is 10.4. The first kappa shape index (κ1) is 14.1. The van der Waals surface area contributed by atoms with Crippen LogP contribution in [0.1, 0.15) is 18.4 Å². The highest BCUT2D eigenvalue weighted by Gasteiger charge is 2.07. The minimum absolute atomic E-state index is 0.811. The lowest BCUT2D eigenvalue weighted by Gasteiger charge is -2.05. The van der Waals surface area contributed by atoms with E-state index in [-0.39, 0.29) is 0 Å². The van der Waals surface area contributed by atoms with Crippen LogP contribution in [-0.4, -0.2) is 23.9 Å². The molecule has 0 unspecified atom stereocenters. The summed E-state index contributed by atoms with van der Waals surface area (Å²) in [5, 5.41) is 13.5. The van der Waals surface area contributed by atoms with Gasteiger partial charge in [0.15, 0.2) is 0 Å². The number of thioether (sulfide) groups is 1. The fourth-order valence-electron chi connectivity index (χ4n) is 1.49. The van der Waals surface area contributed by atoms with Crippen molar-refractivity contribution < 1.29 is 4.74 Å². The molecule has 0 aliphatic carbocycles. The van der Waals surface area contributed by atoms with Crippen LogP contribution in [0.4, 0.5) is 5.13 Å². The van der Waals surface area contributed by atoms with Gasteiger partial charge in [0.1, 0.15) is 10.8 Å². The highest BCUT2D eigenvalue weighted by Crippen LogP contribution is 2.32. The number of methoxy groups -OCH3 is 1. The largest absolute Gasteiger partial charge is 0.496 e. The predicted octanol–water partition coefficient (Wildman–Crippen LogP) is 3.66. The second kappa shape index (κ2) is 7.35. The van der Waals surface area contributed by atoms with Gasteiger partial charge in [0.05, 0.1) is 12.9 Å². The second-order valence-corrected chi connectivity index (χ2v) is 5.95. The third-order valence-electron chi connectivity index (χ3n) is 2.41. The maximum Gasteiger partial charge on any atom is 0.205 e. The van der Waals surface area contributed by atoms with E-state index in [1.807, 2.05) is 18.2 Å². The number of ether oxygens (including phenoxy) is 1. The molecule has 0 radical (unpaired) electrons. The van der Waals surface area contributed by atoms with Gasteiger partial charge in [0.25, 0.3) is 0 Å². The molecular weight excluding hydrogens is 278 g/mol. The first-order valence-corrected chi connectivity index (χ1v) is 7.95. The van der Waals surface area contributed by atoms with Crippen LogP contribution < -0.4 is 10.1 Å². The summed E-state index contributed by atoms with van der Waals surface area (Å²) in [6.45, 7) is 3.07. The van der Waals surface area contributed by atoms with Gasteiger partial charge in [-0.2, -0.15) is 0 Å². The summed E-state index contributed by atoms with van der Waals surface area (Å²) in [6, 6.07) is 8.01. The highest BCUT2D eigenvalue weighted by molar-refractivity contribution is 7.98. The maximum absolute atomic E-state index is 5.33. The number of hydrogen-bond donors (Lipinski definition) is 1. The summed E-state index contributed by atoms with van der Waals surface area (Å²) in [5.41, 5.74) is 0. The van der Waals surface area contributed by atoms with Crippen LogP contribution >= 0.6 is 23.1 Å². The highest BCUT2D eigenvalue weighted by atomic mass is 32.2. The summed E-state index contributed by atoms with van der Waals surface area (Å²) in [4.78, 5) is 1.13. The smallest absolute Gasteiger partial charge is 0.205 e. The van der Waals surface area contributed by atoms with Gasteiger partial charge in [0.2, 0.25) is 5.13 Å². The van der Waals surface area contributed by atoms with E-state index < -0.39 is 0 Å². The van der Waals surface area contributed by atoms with E-state index in [0.29, 0.717) is 0 Å². The lowest BCUT2D eigenvalue weighted by atomic mass is 10.3. The first-order valence-electron chi connectivity index (χ1n) is 6.15. The number of benzene rings is 1. The molecule has 0 bridgehead atoms. The number of aromatic nitrogens is 2. The van der Waals surface area contributed by atoms with Gasteiger partial charge in [-0.25, -0.2) is 0 Å². The molecule has 1 aromatic heterocycles. The first-order chi connectivity index (χ1) is 9.33. The molecule has 0 spiro atoms. The molecule has 102 valence electrons. The van der Waals surface area contributed by atoms with Crippen molar-refractivity contribution in [2.24, 2.45) is 0 Å². The molecule has 2 rings (SSSR count). The van der Waals surface area contributed by atoms with Gasteiger partial charge < -0.3 is 10.1 Å². The van der Waals surface area contributed by atoms with Gasteiger partial charge in [-0.1, -0.05) is 30.4 Å². The van der Waals surface area contributed by atoms with Gasteiger partial charge >= 0.3 is 0 Å². The SMILES string of the molecule is CCCNc1nnc(CSc2ccccc2OC)s1. The Balaban J connectivity index is 1.93. The van der Waals surface area contributed by atoms with Crippen molar-refractivity contribution in [3.8, 4) is 5.75 Å². The van der Waals surface area contributed by atoms with Crippen LogP contribution in [-0.2, 0) is 5.75 Å². The van der Waals surface area contributed by atoms with E-state index in [4.69, 9.17) is 4.74 Å². The molecule has 1 N–H and O–H groups in total. The quantitative estimate of drug-likeness (QED) is 0.790. The number of hydrogen-bond acceptors (Lipinski definition) is 6. The zero-order chi connectivity index (χ0) is 13.5. The third-order valence-corrected chi connectivity index (χ3v) is 4.54. The topological polar surface area (TPSA) is 47.0 Å². The molecular formula is C13H17N3OS2. The van der Waals surface area contributed by atoms with Crippen molar-refractivity contribution in [2.45, 2.75) is 24.0 Å². The molecule has 1 heterocycles. The Hall–Kier alpha value is -1.27. The molecule has 0 aliphatic rings. The monoisotopic (exact) mass is 295 g/mol. The lowest BCUT2D eigenvalue weighted by molar-refractivity contribution is 0.405. The lowest BCUT2D eigenvalue weighted by Crippen LogP contribution is -1.98. The average molecular weight is 295 g/mol. The molecule has 0 atom stereocenters. The number of rotatable bonds is 7. The Morgan fingerprint density at radius 1 is 1.32 bits per heavy atom. The van der Waals surface area contributed by atoms with Gasteiger partial charge in [0, 0.05) is 11.4 Å². The van der Waals surface area contributed by atoms with Gasteiger partial charge in [-0.05, 0) is 18.6 Å². The van der Waals surface area contributed by atoms with E-state index in [1.165, 1.54) is 0 Å². The molecule has 0 saturated carbocycles. The van der Waals surface area contributed by atoms with Crippen LogP contribution in [0.5, 0.6) is 5.75 Å². The van der Waals surface area contributed by atoms with Crippen molar-refractivity contribution >= 4 is 28.2 Å². The third kappa shape index (κ3) is 4.11. The second-order valence-electron chi connectivity index (χ2n) is 3.87. The van der Waals surface area contributed by atoms with Crippen molar-refractivity contribution in [1.29, 1.82) is 0 Å². The van der Waals surface area contributed by atoms with Crippen LogP contribution in [0.25, 0.3) is 0 Å². The summed E-state index contributed by atoms with van der Waals surface area (Å²) in [6.07, 6.45) is 1.09. The molecule has 6 heteroatoms. The van der Waals surface area contributed by atoms with E-state index in [2.05, 4.69) is 28.5 Å². The zero-order valence-corrected chi connectivity index (χ0v) is 12.7. The molecule has 0 aliphatic heterocycles. The molecule has 4 nitrogen and oxygen atoms in total. The Bertz CT molecular complexity index is 516. The Kier molecular flexibility index (Phi) is 5.47. The van der Waals surface area contributed by atoms with Crippen LogP contribution in [0.3, 0.4) is 0 Å². The standard InChI is InChI=1S/C13H17N3OS2/c1-3-8-14-13-16-15-12(19-13)9-18-11-7-5-4-6-10(11)17-2/h4-7H,3,8-9H2,1-2H3,(H,14,16). The molecule has 0 fully saturated rings. The van der Waals surface area contributed by atoms with Gasteiger partial charge in [-0.15, -0.1) is 22.0 Å². The average Bonchev–Trinajstić information content (AvgIpc) is 2.91. The summed E-state index contributed by atoms with van der Waals surface area (Å²) >= 11 is 3.33. The number of para-hydroxylation sites is 1. The fourth-order valence-corrected chi connectivity index (χ4v) is 3.27. The molecule has 1 aromatic carbocycles. The van der Waals surface area contributed by atoms with Crippen LogP contribution in [0, 0.1) is 0 Å². The maximum atomic E-state index is 5.33. The van der Waals surface area contributed by atoms with E-state index >= 15 is 0 Å². The van der Waals surface area contributed by atoms with E-state index in [0.717, 1.165) is 39.5 Å². The van der Waals surface area contributed by atoms with Crippen molar-refractivity contribution in [1.82, 2.24) is 10.2 Å². The predicted molar refractivity (Wildman–Crippen MR) is 81.2 cm³/mol.